The summed E-state index contributed by atoms with van der Waals surface area (Å²) in [6.07, 6.45) is 2.78. The molecule has 2 aromatic rings. The normalized spacial score (nSPS) is 10.2. The number of carbonyl (C=O) groups is 2. The lowest BCUT2D eigenvalue weighted by Crippen LogP contribution is -2.35. The van der Waals surface area contributed by atoms with Gasteiger partial charge in [0.05, 0.1) is 6.54 Å². The molecule has 0 saturated carbocycles. The molecule has 1 aromatic heterocycles. The Balaban J connectivity index is 1.80. The molecule has 0 aliphatic rings. The van der Waals surface area contributed by atoms with Crippen molar-refractivity contribution in [1.82, 2.24) is 20.1 Å². The van der Waals surface area contributed by atoms with Crippen LogP contribution in [0.2, 0.25) is 0 Å². The molecule has 21 heavy (non-hydrogen) atoms. The van der Waals surface area contributed by atoms with Crippen molar-refractivity contribution < 1.29 is 9.59 Å². The monoisotopic (exact) mass is 351 g/mol. The van der Waals surface area contributed by atoms with Crippen LogP contribution in [0.5, 0.6) is 0 Å². The molecule has 7 nitrogen and oxygen atoms in total. The molecule has 8 heteroatoms. The average molecular weight is 352 g/mol. The third-order valence-corrected chi connectivity index (χ3v) is 3.17. The third-order valence-electron chi connectivity index (χ3n) is 2.68. The largest absolute Gasteiger partial charge is 0.345 e. The van der Waals surface area contributed by atoms with E-state index < -0.39 is 0 Å². The average Bonchev–Trinajstić information content (AvgIpc) is 2.92. The van der Waals surface area contributed by atoms with E-state index in [9.17, 15) is 9.59 Å². The van der Waals surface area contributed by atoms with Crippen LogP contribution in [0, 0.1) is 6.92 Å². The fourth-order valence-electron chi connectivity index (χ4n) is 1.66. The fourth-order valence-corrected chi connectivity index (χ4v) is 2.13. The first kappa shape index (κ1) is 15.2. The summed E-state index contributed by atoms with van der Waals surface area (Å²) >= 11 is 3.36. The number of carbonyl (C=O) groups excluding carboxylic acids is 2. The smallest absolute Gasteiger partial charge is 0.243 e. The highest BCUT2D eigenvalue weighted by atomic mass is 79.9. The van der Waals surface area contributed by atoms with E-state index in [0.717, 1.165) is 10.0 Å². The zero-order chi connectivity index (χ0) is 15.2. The molecule has 0 aliphatic carbocycles. The van der Waals surface area contributed by atoms with Crippen LogP contribution in [0.25, 0.3) is 0 Å². The summed E-state index contributed by atoms with van der Waals surface area (Å²) in [5.74, 6) is -0.587. The fraction of sp³-hybridized carbons (Fsp3) is 0.231. The number of hydrogen-bond donors (Lipinski definition) is 2. The molecule has 2 N–H and O–H groups in total. The number of rotatable bonds is 5. The number of amides is 2. The van der Waals surface area contributed by atoms with Gasteiger partial charge in [0.15, 0.2) is 0 Å². The Kier molecular flexibility index (Phi) is 5.04. The van der Waals surface area contributed by atoms with Crippen LogP contribution in [0.15, 0.2) is 35.3 Å². The van der Waals surface area contributed by atoms with E-state index in [-0.39, 0.29) is 24.9 Å². The van der Waals surface area contributed by atoms with Gasteiger partial charge in [-0.3, -0.25) is 9.59 Å². The second-order valence-electron chi connectivity index (χ2n) is 4.38. The minimum absolute atomic E-state index is 0.0323. The molecule has 0 saturated heterocycles. The Morgan fingerprint density at radius 3 is 2.81 bits per heavy atom. The number of aryl methyl sites for hydroxylation is 1. The lowest BCUT2D eigenvalue weighted by molar-refractivity contribution is -0.124. The highest BCUT2D eigenvalue weighted by Gasteiger charge is 2.08. The van der Waals surface area contributed by atoms with E-state index in [1.54, 1.807) is 6.07 Å². The maximum atomic E-state index is 11.8. The molecule has 2 rings (SSSR count). The Morgan fingerprint density at radius 2 is 2.14 bits per heavy atom. The van der Waals surface area contributed by atoms with Crippen molar-refractivity contribution in [2.75, 3.05) is 11.9 Å². The Morgan fingerprint density at radius 1 is 1.33 bits per heavy atom. The second-order valence-corrected chi connectivity index (χ2v) is 5.29. The van der Waals surface area contributed by atoms with Gasteiger partial charge in [-0.15, -0.1) is 0 Å². The number of halogens is 1. The van der Waals surface area contributed by atoms with E-state index in [0.29, 0.717) is 5.69 Å². The van der Waals surface area contributed by atoms with Crippen LogP contribution in [0.1, 0.15) is 5.56 Å². The van der Waals surface area contributed by atoms with Crippen LogP contribution in [-0.4, -0.2) is 33.1 Å². The molecule has 0 radical (unpaired) electrons. The van der Waals surface area contributed by atoms with E-state index in [1.165, 1.54) is 17.3 Å². The first-order chi connectivity index (χ1) is 10.0. The molecule has 0 spiro atoms. The summed E-state index contributed by atoms with van der Waals surface area (Å²) in [5, 5.41) is 9.08. The second kappa shape index (κ2) is 6.98. The van der Waals surface area contributed by atoms with Crippen molar-refractivity contribution >= 4 is 33.4 Å². The van der Waals surface area contributed by atoms with Gasteiger partial charge < -0.3 is 10.6 Å². The minimum atomic E-state index is -0.303. The Hall–Kier alpha value is -2.22. The minimum Gasteiger partial charge on any atom is -0.345 e. The Labute approximate surface area is 129 Å². The first-order valence-corrected chi connectivity index (χ1v) is 6.99. The SMILES string of the molecule is Cc1cc(Br)ccc1NC(=O)CNC(=O)Cn1cncn1. The van der Waals surface area contributed by atoms with Crippen molar-refractivity contribution in [3.05, 3.63) is 40.9 Å². The van der Waals surface area contributed by atoms with Gasteiger partial charge in [0, 0.05) is 10.2 Å². The zero-order valence-corrected chi connectivity index (χ0v) is 12.9. The quantitative estimate of drug-likeness (QED) is 0.844. The molecule has 0 fully saturated rings. The van der Waals surface area contributed by atoms with E-state index >= 15 is 0 Å². The maximum absolute atomic E-state index is 11.8. The predicted molar refractivity (Wildman–Crippen MR) is 80.5 cm³/mol. The summed E-state index contributed by atoms with van der Waals surface area (Å²) in [6.45, 7) is 1.83. The molecule has 1 aromatic carbocycles. The van der Waals surface area contributed by atoms with Gasteiger partial charge in [-0.25, -0.2) is 9.67 Å². The highest BCUT2D eigenvalue weighted by molar-refractivity contribution is 9.10. The lowest BCUT2D eigenvalue weighted by atomic mass is 10.2. The summed E-state index contributed by atoms with van der Waals surface area (Å²) in [4.78, 5) is 27.1. The maximum Gasteiger partial charge on any atom is 0.243 e. The zero-order valence-electron chi connectivity index (χ0n) is 11.3. The van der Waals surface area contributed by atoms with Crippen molar-refractivity contribution in [3.63, 3.8) is 0 Å². The van der Waals surface area contributed by atoms with Crippen molar-refractivity contribution in [3.8, 4) is 0 Å². The number of nitrogens with zero attached hydrogens (tertiary/aromatic N) is 3. The summed E-state index contributed by atoms with van der Waals surface area (Å²) < 4.78 is 2.32. The molecule has 2 amide bonds. The van der Waals surface area contributed by atoms with Gasteiger partial charge in [0.1, 0.15) is 19.2 Å². The molecule has 0 atom stereocenters. The van der Waals surface area contributed by atoms with Crippen LogP contribution in [0.4, 0.5) is 5.69 Å². The van der Waals surface area contributed by atoms with Crippen molar-refractivity contribution in [1.29, 1.82) is 0 Å². The van der Waals surface area contributed by atoms with Gasteiger partial charge in [-0.05, 0) is 30.7 Å². The molecule has 0 unspecified atom stereocenters. The third kappa shape index (κ3) is 4.67. The molecule has 0 aliphatic heterocycles. The molecule has 110 valence electrons. The van der Waals surface area contributed by atoms with Crippen LogP contribution >= 0.6 is 15.9 Å². The molecule has 1 heterocycles. The standard InChI is InChI=1S/C13H14BrN5O2/c1-9-4-10(14)2-3-11(9)18-12(20)5-16-13(21)6-19-8-15-7-17-19/h2-4,7-8H,5-6H2,1H3,(H,16,21)(H,18,20). The van der Waals surface area contributed by atoms with Crippen LogP contribution in [0.3, 0.4) is 0 Å². The number of nitrogens with one attached hydrogen (secondary N) is 2. The summed E-state index contributed by atoms with van der Waals surface area (Å²) in [7, 11) is 0. The van der Waals surface area contributed by atoms with E-state index in [1.807, 2.05) is 19.1 Å². The molecular weight excluding hydrogens is 338 g/mol. The van der Waals surface area contributed by atoms with Crippen molar-refractivity contribution in [2.45, 2.75) is 13.5 Å². The number of hydrogen-bond acceptors (Lipinski definition) is 4. The van der Waals surface area contributed by atoms with Crippen LogP contribution < -0.4 is 10.6 Å². The lowest BCUT2D eigenvalue weighted by Gasteiger charge is -2.09. The van der Waals surface area contributed by atoms with Crippen LogP contribution in [-0.2, 0) is 16.1 Å². The van der Waals surface area contributed by atoms with E-state index in [2.05, 4.69) is 36.6 Å². The first-order valence-electron chi connectivity index (χ1n) is 6.19. The summed E-state index contributed by atoms with van der Waals surface area (Å²) in [6, 6.07) is 5.54. The van der Waals surface area contributed by atoms with Gasteiger partial charge in [-0.2, -0.15) is 5.10 Å². The number of anilines is 1. The molecular formula is C13H14BrN5O2. The van der Waals surface area contributed by atoms with Gasteiger partial charge in [-0.1, -0.05) is 15.9 Å². The highest BCUT2D eigenvalue weighted by Crippen LogP contribution is 2.19. The van der Waals surface area contributed by atoms with E-state index in [4.69, 9.17) is 0 Å². The van der Waals surface area contributed by atoms with Gasteiger partial charge >= 0.3 is 0 Å². The summed E-state index contributed by atoms with van der Waals surface area (Å²) in [5.41, 5.74) is 1.65. The molecule has 0 bridgehead atoms. The van der Waals surface area contributed by atoms with Gasteiger partial charge in [0.25, 0.3) is 0 Å². The number of benzene rings is 1. The topological polar surface area (TPSA) is 88.9 Å². The predicted octanol–water partition coefficient (Wildman–Crippen LogP) is 1.10. The Bertz CT molecular complexity index is 642. The van der Waals surface area contributed by atoms with Crippen molar-refractivity contribution in [2.24, 2.45) is 0 Å². The van der Waals surface area contributed by atoms with Gasteiger partial charge in [0.2, 0.25) is 11.8 Å². The number of aromatic nitrogens is 3.